The van der Waals surface area contributed by atoms with Gasteiger partial charge in [-0.15, -0.1) is 0 Å². The Balaban J connectivity index is 1.71. The van der Waals surface area contributed by atoms with Gasteiger partial charge in [0.25, 0.3) is 5.78 Å². The summed E-state index contributed by atoms with van der Waals surface area (Å²) in [4.78, 5) is 36.8. The maximum absolute atomic E-state index is 14.1. The Bertz CT molecular complexity index is 1610. The number of thiazole rings is 1. The first kappa shape index (κ1) is 26.8. The van der Waals surface area contributed by atoms with Gasteiger partial charge >= 0.3 is 5.91 Å². The Kier molecular flexibility index (Phi) is 6.90. The molecule has 1 saturated heterocycles. The number of fused-ring (bicyclic) bond motifs is 1. The fraction of sp³-hybridized carbons (Fsp3) is 0.241. The fourth-order valence-corrected chi connectivity index (χ4v) is 5.76. The predicted octanol–water partition coefficient (Wildman–Crippen LogP) is 6.81. The van der Waals surface area contributed by atoms with Gasteiger partial charge in [0.1, 0.15) is 17.3 Å². The molecule has 0 spiro atoms. The van der Waals surface area contributed by atoms with Crippen LogP contribution < -0.4 is 9.64 Å². The number of rotatable bonds is 5. The first-order valence-electron chi connectivity index (χ1n) is 12.3. The number of Topliss-reactive ketones (excluding diaryl/α,β-unsaturated/α-hetero) is 1. The first-order chi connectivity index (χ1) is 18.5. The average molecular weight is 566 g/mol. The van der Waals surface area contributed by atoms with Gasteiger partial charge in [0.15, 0.2) is 5.13 Å². The number of anilines is 1. The number of aliphatic hydroxyl groups is 1. The van der Waals surface area contributed by atoms with Crippen LogP contribution in [-0.4, -0.2) is 33.4 Å². The number of aliphatic hydroxyl groups excluding tert-OH is 1. The fourth-order valence-electron chi connectivity index (χ4n) is 4.61. The quantitative estimate of drug-likeness (QED) is 0.162. The molecule has 1 atom stereocenters. The van der Waals surface area contributed by atoms with Gasteiger partial charge in [-0.3, -0.25) is 19.5 Å². The van der Waals surface area contributed by atoms with Crippen LogP contribution in [0.4, 0.5) is 9.52 Å². The molecule has 1 fully saturated rings. The van der Waals surface area contributed by atoms with Crippen molar-refractivity contribution in [2.45, 2.75) is 39.2 Å². The van der Waals surface area contributed by atoms with Gasteiger partial charge in [-0.05, 0) is 60.4 Å². The zero-order valence-corrected chi connectivity index (χ0v) is 23.2. The molecule has 0 saturated carbocycles. The van der Waals surface area contributed by atoms with Crippen molar-refractivity contribution >= 4 is 55.7 Å². The normalized spacial score (nSPS) is 17.3. The second kappa shape index (κ2) is 10.1. The molecule has 10 heteroatoms. The standard InChI is InChI=1S/C29H25ClFN3O4S/c1-5-38-21-7-6-16(12-17(21)29(2,3)4)25(35)23-24(15-8-10-32-11-9-15)34(27(37)26(23)36)28-33-20-13-18(30)19(31)14-22(20)39-28/h6-14,24,35H,5H2,1-4H3/b25-23+. The highest BCUT2D eigenvalue weighted by Crippen LogP contribution is 2.45. The van der Waals surface area contributed by atoms with Crippen molar-refractivity contribution in [3.05, 3.63) is 88.0 Å². The highest BCUT2D eigenvalue weighted by Gasteiger charge is 2.48. The second-order valence-corrected chi connectivity index (χ2v) is 11.5. The molecule has 1 aliphatic rings. The highest BCUT2D eigenvalue weighted by atomic mass is 35.5. The van der Waals surface area contributed by atoms with Crippen molar-refractivity contribution in [3.63, 3.8) is 0 Å². The van der Waals surface area contributed by atoms with E-state index in [4.69, 9.17) is 16.3 Å². The predicted molar refractivity (Wildman–Crippen MR) is 150 cm³/mol. The van der Waals surface area contributed by atoms with E-state index >= 15 is 0 Å². The van der Waals surface area contributed by atoms with Crippen LogP contribution in [0.2, 0.25) is 5.02 Å². The lowest BCUT2D eigenvalue weighted by Gasteiger charge is -2.24. The number of ketones is 1. The van der Waals surface area contributed by atoms with Crippen LogP contribution >= 0.6 is 22.9 Å². The van der Waals surface area contributed by atoms with Gasteiger partial charge < -0.3 is 9.84 Å². The van der Waals surface area contributed by atoms with Crippen molar-refractivity contribution in [2.75, 3.05) is 11.5 Å². The van der Waals surface area contributed by atoms with Gasteiger partial charge in [0.05, 0.1) is 33.5 Å². The smallest absolute Gasteiger partial charge is 0.301 e. The molecule has 0 bridgehead atoms. The topological polar surface area (TPSA) is 92.6 Å². The summed E-state index contributed by atoms with van der Waals surface area (Å²) in [6.07, 6.45) is 3.08. The minimum absolute atomic E-state index is 0.0845. The summed E-state index contributed by atoms with van der Waals surface area (Å²) < 4.78 is 20.4. The first-order valence-corrected chi connectivity index (χ1v) is 13.4. The molecule has 4 aromatic rings. The summed E-state index contributed by atoms with van der Waals surface area (Å²) in [7, 11) is 0. The zero-order valence-electron chi connectivity index (χ0n) is 21.7. The van der Waals surface area contributed by atoms with Gasteiger partial charge in [-0.1, -0.05) is 43.7 Å². The Morgan fingerprint density at radius 1 is 1.15 bits per heavy atom. The van der Waals surface area contributed by atoms with Gasteiger partial charge in [0, 0.05) is 23.5 Å². The number of ether oxygens (including phenoxy) is 1. The lowest BCUT2D eigenvalue weighted by Crippen LogP contribution is -2.29. The molecule has 200 valence electrons. The number of carbonyl (C=O) groups is 2. The van der Waals surface area contributed by atoms with Crippen molar-refractivity contribution in [3.8, 4) is 5.75 Å². The van der Waals surface area contributed by atoms with Crippen LogP contribution in [0, 0.1) is 5.82 Å². The highest BCUT2D eigenvalue weighted by molar-refractivity contribution is 7.22. The zero-order chi connectivity index (χ0) is 28.1. The van der Waals surface area contributed by atoms with Gasteiger partial charge in [-0.2, -0.15) is 0 Å². The summed E-state index contributed by atoms with van der Waals surface area (Å²) in [5.74, 6) is -1.97. The van der Waals surface area contributed by atoms with E-state index in [1.165, 1.54) is 29.4 Å². The SMILES string of the molecule is CCOc1ccc(/C(O)=C2\C(=O)C(=O)N(c3nc4cc(Cl)c(F)cc4s3)C2c2ccncc2)cc1C(C)(C)C. The van der Waals surface area contributed by atoms with Crippen LogP contribution in [-0.2, 0) is 15.0 Å². The minimum atomic E-state index is -0.987. The molecule has 0 aliphatic carbocycles. The molecule has 2 aromatic heterocycles. The van der Waals surface area contributed by atoms with Crippen LogP contribution in [0.1, 0.15) is 50.4 Å². The van der Waals surface area contributed by atoms with E-state index in [2.05, 4.69) is 9.97 Å². The van der Waals surface area contributed by atoms with E-state index in [-0.39, 0.29) is 26.9 Å². The maximum Gasteiger partial charge on any atom is 0.301 e. The molecule has 1 N–H and O–H groups in total. The number of hydrogen-bond acceptors (Lipinski definition) is 7. The summed E-state index contributed by atoms with van der Waals surface area (Å²) >= 11 is 6.99. The Hall–Kier alpha value is -3.82. The summed E-state index contributed by atoms with van der Waals surface area (Å²) in [6, 6.07) is 10.2. The third-order valence-corrected chi connectivity index (χ3v) is 7.76. The summed E-state index contributed by atoms with van der Waals surface area (Å²) in [5, 5.41) is 11.6. The van der Waals surface area contributed by atoms with Crippen molar-refractivity contribution in [1.82, 2.24) is 9.97 Å². The van der Waals surface area contributed by atoms with Crippen LogP contribution in [0.5, 0.6) is 5.75 Å². The summed E-state index contributed by atoms with van der Waals surface area (Å²) in [6.45, 7) is 8.42. The Morgan fingerprint density at radius 2 is 1.87 bits per heavy atom. The van der Waals surface area contributed by atoms with Crippen LogP contribution in [0.3, 0.4) is 0 Å². The van der Waals surface area contributed by atoms with E-state index in [9.17, 15) is 19.1 Å². The molecular formula is C29H25ClFN3O4S. The minimum Gasteiger partial charge on any atom is -0.507 e. The number of aromatic nitrogens is 2. The number of benzene rings is 2. The monoisotopic (exact) mass is 565 g/mol. The molecular weight excluding hydrogens is 541 g/mol. The molecule has 1 aliphatic heterocycles. The largest absolute Gasteiger partial charge is 0.507 e. The van der Waals surface area contributed by atoms with Crippen molar-refractivity contribution < 1.29 is 23.8 Å². The molecule has 39 heavy (non-hydrogen) atoms. The van der Waals surface area contributed by atoms with E-state index < -0.39 is 23.5 Å². The second-order valence-electron chi connectivity index (χ2n) is 10.1. The van der Waals surface area contributed by atoms with Crippen LogP contribution in [0.25, 0.3) is 16.0 Å². The van der Waals surface area contributed by atoms with Crippen LogP contribution in [0.15, 0.2) is 60.4 Å². The van der Waals surface area contributed by atoms with E-state index in [1.54, 1.807) is 30.3 Å². The van der Waals surface area contributed by atoms with E-state index in [1.807, 2.05) is 27.7 Å². The van der Waals surface area contributed by atoms with Gasteiger partial charge in [-0.25, -0.2) is 9.37 Å². The average Bonchev–Trinajstić information content (AvgIpc) is 3.41. The number of nitrogens with zero attached hydrogens (tertiary/aromatic N) is 3. The molecule has 1 amide bonds. The number of halogens is 2. The number of amides is 1. The lowest BCUT2D eigenvalue weighted by molar-refractivity contribution is -0.132. The molecule has 2 aromatic carbocycles. The van der Waals surface area contributed by atoms with E-state index in [0.29, 0.717) is 33.7 Å². The lowest BCUT2D eigenvalue weighted by atomic mass is 9.84. The number of carbonyl (C=O) groups excluding carboxylic acids is 2. The molecule has 3 heterocycles. The third kappa shape index (κ3) is 4.77. The number of pyridine rings is 1. The molecule has 5 rings (SSSR count). The maximum atomic E-state index is 14.1. The number of hydrogen-bond donors (Lipinski definition) is 1. The molecule has 7 nitrogen and oxygen atoms in total. The summed E-state index contributed by atoms with van der Waals surface area (Å²) in [5.41, 5.74) is 1.74. The van der Waals surface area contributed by atoms with Crippen molar-refractivity contribution in [1.29, 1.82) is 0 Å². The van der Waals surface area contributed by atoms with E-state index in [0.717, 1.165) is 16.9 Å². The third-order valence-electron chi connectivity index (χ3n) is 6.45. The molecule has 0 radical (unpaired) electrons. The van der Waals surface area contributed by atoms with Gasteiger partial charge in [0.2, 0.25) is 0 Å². The van der Waals surface area contributed by atoms with Crippen molar-refractivity contribution in [2.24, 2.45) is 0 Å². The Labute approximate surface area is 233 Å². The Morgan fingerprint density at radius 3 is 2.54 bits per heavy atom. The molecule has 1 unspecified atom stereocenters.